The number of aromatic amines is 1. The van der Waals surface area contributed by atoms with Gasteiger partial charge >= 0.3 is 5.97 Å². The van der Waals surface area contributed by atoms with Crippen LogP contribution in [0, 0.1) is 11.6 Å². The fourth-order valence-electron chi connectivity index (χ4n) is 2.25. The molecule has 7 heteroatoms. The van der Waals surface area contributed by atoms with Crippen molar-refractivity contribution in [3.05, 3.63) is 75.8 Å². The van der Waals surface area contributed by atoms with Gasteiger partial charge in [0.2, 0.25) is 0 Å². The summed E-state index contributed by atoms with van der Waals surface area (Å²) >= 11 is 0. The second-order valence-electron chi connectivity index (χ2n) is 5.17. The Morgan fingerprint density at radius 3 is 2.54 bits per heavy atom. The molecule has 0 radical (unpaired) electrons. The summed E-state index contributed by atoms with van der Waals surface area (Å²) in [6, 6.07) is 9.11. The number of ether oxygens (including phenoxy) is 1. The van der Waals surface area contributed by atoms with Crippen molar-refractivity contribution in [2.24, 2.45) is 0 Å². The molecular formula is C17H12F2N2O3. The molecule has 0 saturated heterocycles. The molecule has 0 spiro atoms. The molecule has 24 heavy (non-hydrogen) atoms. The van der Waals surface area contributed by atoms with Crippen molar-refractivity contribution in [3.8, 4) is 0 Å². The summed E-state index contributed by atoms with van der Waals surface area (Å²) in [4.78, 5) is 30.8. The fraction of sp³-hybridized carbons (Fsp3) is 0.118. The lowest BCUT2D eigenvalue weighted by molar-refractivity contribution is 0.0319. The van der Waals surface area contributed by atoms with Crippen molar-refractivity contribution >= 4 is 16.9 Å². The first kappa shape index (κ1) is 15.8. The third kappa shape index (κ3) is 3.15. The monoisotopic (exact) mass is 330 g/mol. The smallest absolute Gasteiger partial charge is 0.339 e. The molecule has 0 fully saturated rings. The number of carbonyl (C=O) groups excluding carboxylic acids is 1. The number of H-pyrrole nitrogens is 1. The minimum Gasteiger partial charge on any atom is -0.451 e. The van der Waals surface area contributed by atoms with Crippen LogP contribution < -0.4 is 5.56 Å². The molecule has 0 saturated carbocycles. The molecule has 1 aromatic heterocycles. The largest absolute Gasteiger partial charge is 0.451 e. The van der Waals surface area contributed by atoms with E-state index in [2.05, 4.69) is 9.97 Å². The number of para-hydroxylation sites is 1. The number of halogens is 2. The maximum absolute atomic E-state index is 13.2. The predicted molar refractivity (Wildman–Crippen MR) is 82.6 cm³/mol. The first-order chi connectivity index (χ1) is 11.4. The van der Waals surface area contributed by atoms with Crippen LogP contribution in [0.2, 0.25) is 0 Å². The molecule has 0 bridgehead atoms. The van der Waals surface area contributed by atoms with Gasteiger partial charge in [0.05, 0.1) is 16.5 Å². The zero-order valence-corrected chi connectivity index (χ0v) is 12.5. The average molecular weight is 330 g/mol. The van der Waals surface area contributed by atoms with Crippen LogP contribution in [-0.4, -0.2) is 15.9 Å². The van der Waals surface area contributed by atoms with E-state index in [4.69, 9.17) is 4.74 Å². The molecule has 5 nitrogen and oxygen atoms in total. The van der Waals surface area contributed by atoms with Gasteiger partial charge in [-0.3, -0.25) is 4.79 Å². The molecule has 2 aromatic carbocycles. The van der Waals surface area contributed by atoms with Gasteiger partial charge in [-0.1, -0.05) is 12.1 Å². The Hall–Kier alpha value is -3.09. The lowest BCUT2D eigenvalue weighted by Crippen LogP contribution is -2.17. The van der Waals surface area contributed by atoms with Gasteiger partial charge in [-0.15, -0.1) is 0 Å². The van der Waals surface area contributed by atoms with Crippen molar-refractivity contribution in [2.75, 3.05) is 0 Å². The maximum Gasteiger partial charge on any atom is 0.339 e. The molecule has 0 aliphatic rings. The number of esters is 1. The number of hydrogen-bond donors (Lipinski definition) is 1. The predicted octanol–water partition coefficient (Wildman–Crippen LogP) is 3.12. The van der Waals surface area contributed by atoms with Gasteiger partial charge in [0.25, 0.3) is 5.56 Å². The average Bonchev–Trinajstić information content (AvgIpc) is 2.53. The molecule has 1 atom stereocenters. The van der Waals surface area contributed by atoms with Crippen molar-refractivity contribution in [1.82, 2.24) is 9.97 Å². The topological polar surface area (TPSA) is 72.0 Å². The highest BCUT2D eigenvalue weighted by Gasteiger charge is 2.18. The summed E-state index contributed by atoms with van der Waals surface area (Å²) in [5.41, 5.74) is -0.172. The lowest BCUT2D eigenvalue weighted by Gasteiger charge is -2.13. The Morgan fingerprint density at radius 1 is 1.17 bits per heavy atom. The first-order valence-corrected chi connectivity index (χ1v) is 7.10. The second kappa shape index (κ2) is 6.19. The number of rotatable bonds is 3. The van der Waals surface area contributed by atoms with Crippen LogP contribution in [0.5, 0.6) is 0 Å². The summed E-state index contributed by atoms with van der Waals surface area (Å²) < 4.78 is 31.5. The van der Waals surface area contributed by atoms with Crippen LogP contribution >= 0.6 is 0 Å². The summed E-state index contributed by atoms with van der Waals surface area (Å²) in [5.74, 6) is -2.54. The van der Waals surface area contributed by atoms with E-state index in [1.807, 2.05) is 0 Å². The lowest BCUT2D eigenvalue weighted by atomic mass is 10.2. The minimum atomic E-state index is -0.920. The van der Waals surface area contributed by atoms with E-state index in [1.54, 1.807) is 24.3 Å². The van der Waals surface area contributed by atoms with Crippen LogP contribution in [0.4, 0.5) is 8.78 Å². The number of nitrogens with one attached hydrogen (secondary N) is 1. The van der Waals surface area contributed by atoms with Crippen LogP contribution in [0.3, 0.4) is 0 Å². The van der Waals surface area contributed by atoms with Crippen LogP contribution in [-0.2, 0) is 4.74 Å². The van der Waals surface area contributed by atoms with E-state index in [-0.39, 0.29) is 16.9 Å². The highest BCUT2D eigenvalue weighted by molar-refractivity contribution is 5.89. The Balaban J connectivity index is 1.88. The fourth-order valence-corrected chi connectivity index (χ4v) is 2.25. The van der Waals surface area contributed by atoms with E-state index in [0.29, 0.717) is 17.0 Å². The number of nitrogens with zero attached hydrogens (tertiary/aromatic N) is 1. The van der Waals surface area contributed by atoms with Crippen LogP contribution in [0.15, 0.2) is 47.3 Å². The Labute approximate surface area is 134 Å². The zero-order valence-electron chi connectivity index (χ0n) is 12.5. The van der Waals surface area contributed by atoms with E-state index >= 15 is 0 Å². The van der Waals surface area contributed by atoms with Crippen LogP contribution in [0.25, 0.3) is 10.9 Å². The number of hydrogen-bond acceptors (Lipinski definition) is 4. The van der Waals surface area contributed by atoms with Gasteiger partial charge in [0.1, 0.15) is 11.6 Å². The molecular weight excluding hydrogens is 318 g/mol. The number of carbonyl (C=O) groups is 1. The summed E-state index contributed by atoms with van der Waals surface area (Å²) in [6.45, 7) is 1.50. The molecule has 122 valence electrons. The number of aromatic nitrogens is 2. The molecule has 3 rings (SSSR count). The van der Waals surface area contributed by atoms with Gasteiger partial charge in [-0.25, -0.2) is 18.6 Å². The van der Waals surface area contributed by atoms with E-state index in [0.717, 1.165) is 12.1 Å². The van der Waals surface area contributed by atoms with Crippen molar-refractivity contribution in [1.29, 1.82) is 0 Å². The normalized spacial score (nSPS) is 12.1. The van der Waals surface area contributed by atoms with Gasteiger partial charge in [0, 0.05) is 6.07 Å². The van der Waals surface area contributed by atoms with Crippen molar-refractivity contribution in [3.63, 3.8) is 0 Å². The zero-order chi connectivity index (χ0) is 17.3. The molecule has 0 amide bonds. The molecule has 0 aliphatic carbocycles. The van der Waals surface area contributed by atoms with Gasteiger partial charge in [-0.05, 0) is 31.2 Å². The minimum absolute atomic E-state index is 0.143. The molecule has 1 heterocycles. The van der Waals surface area contributed by atoms with Crippen molar-refractivity contribution < 1.29 is 18.3 Å². The first-order valence-electron chi connectivity index (χ1n) is 7.10. The molecule has 1 N–H and O–H groups in total. The Bertz CT molecular complexity index is 965. The highest BCUT2D eigenvalue weighted by Crippen LogP contribution is 2.17. The Kier molecular flexibility index (Phi) is 4.07. The summed E-state index contributed by atoms with van der Waals surface area (Å²) in [5, 5.41) is 0.409. The van der Waals surface area contributed by atoms with E-state index in [9.17, 15) is 18.4 Å². The maximum atomic E-state index is 13.2. The van der Waals surface area contributed by atoms with Gasteiger partial charge in [-0.2, -0.15) is 0 Å². The quantitative estimate of drug-likeness (QED) is 0.749. The number of fused-ring (bicyclic) bond motifs is 1. The van der Waals surface area contributed by atoms with Gasteiger partial charge in [0.15, 0.2) is 11.9 Å². The summed E-state index contributed by atoms with van der Waals surface area (Å²) in [6.07, 6.45) is -0.902. The highest BCUT2D eigenvalue weighted by atomic mass is 19.1. The van der Waals surface area contributed by atoms with E-state index < -0.39 is 23.7 Å². The van der Waals surface area contributed by atoms with E-state index in [1.165, 1.54) is 6.92 Å². The Morgan fingerprint density at radius 2 is 1.83 bits per heavy atom. The SMILES string of the molecule is C[C@@H](OC(=O)c1cc(F)cc(F)c1)c1nc2ccccc2c(=O)[nH]1. The number of benzene rings is 2. The second-order valence-corrected chi connectivity index (χ2v) is 5.17. The molecule has 3 aromatic rings. The molecule has 0 aliphatic heterocycles. The van der Waals surface area contributed by atoms with Crippen LogP contribution in [0.1, 0.15) is 29.2 Å². The van der Waals surface area contributed by atoms with Crippen molar-refractivity contribution in [2.45, 2.75) is 13.0 Å². The third-order valence-corrected chi connectivity index (χ3v) is 3.40. The van der Waals surface area contributed by atoms with Gasteiger partial charge < -0.3 is 9.72 Å². The molecule has 0 unspecified atom stereocenters. The summed E-state index contributed by atoms with van der Waals surface area (Å²) in [7, 11) is 0. The standard InChI is InChI=1S/C17H12F2N2O3/c1-9(24-17(23)10-6-11(18)8-12(19)7-10)15-20-14-5-3-2-4-13(14)16(22)21-15/h2-9H,1H3,(H,20,21,22)/t9-/m1/s1. The third-order valence-electron chi connectivity index (χ3n) is 3.40.